The molecule has 5 heteroatoms. The average molecular weight is 307 g/mol. The first-order valence-electron chi connectivity index (χ1n) is 6.61. The van der Waals surface area contributed by atoms with Gasteiger partial charge in [0.2, 0.25) is 0 Å². The monoisotopic (exact) mass is 306 g/mol. The first kappa shape index (κ1) is 15.3. The zero-order chi connectivity index (χ0) is 15.4. The Labute approximate surface area is 128 Å². The first-order valence-corrected chi connectivity index (χ1v) is 6.99. The van der Waals surface area contributed by atoms with E-state index >= 15 is 0 Å². The lowest BCUT2D eigenvalue weighted by Crippen LogP contribution is -2.15. The maximum Gasteiger partial charge on any atom is 0.257 e. The second-order valence-electron chi connectivity index (χ2n) is 4.69. The predicted octanol–water partition coefficient (Wildman–Crippen LogP) is 4.47. The highest BCUT2D eigenvalue weighted by molar-refractivity contribution is 6.31. The number of benzene rings is 2. The molecule has 0 aliphatic rings. The number of anilines is 2. The van der Waals surface area contributed by atoms with E-state index in [0.717, 1.165) is 11.3 Å². The summed E-state index contributed by atoms with van der Waals surface area (Å²) < 4.78 is 13.3. The van der Waals surface area contributed by atoms with E-state index in [2.05, 4.69) is 10.6 Å². The van der Waals surface area contributed by atoms with Crippen LogP contribution in [0.3, 0.4) is 0 Å². The smallest absolute Gasteiger partial charge is 0.257 e. The molecule has 0 aliphatic heterocycles. The molecule has 0 heterocycles. The third kappa shape index (κ3) is 3.95. The molecular weight excluding hydrogens is 291 g/mol. The van der Waals surface area contributed by atoms with E-state index in [0.29, 0.717) is 17.8 Å². The molecular formula is C16H16ClFN2O. The molecule has 2 rings (SSSR count). The molecule has 0 radical (unpaired) electrons. The second-order valence-corrected chi connectivity index (χ2v) is 5.13. The van der Waals surface area contributed by atoms with Crippen LogP contribution in [0.15, 0.2) is 36.4 Å². The highest BCUT2D eigenvalue weighted by Crippen LogP contribution is 2.22. The number of carbonyl (C=O) groups excluding carboxylic acids is 1. The number of hydrogen-bond acceptors (Lipinski definition) is 2. The number of amides is 1. The van der Waals surface area contributed by atoms with Gasteiger partial charge in [0.1, 0.15) is 5.82 Å². The Bertz CT molecular complexity index is 653. The van der Waals surface area contributed by atoms with Crippen molar-refractivity contribution in [3.63, 3.8) is 0 Å². The second kappa shape index (κ2) is 6.59. The van der Waals surface area contributed by atoms with E-state index < -0.39 is 5.82 Å². The highest BCUT2D eigenvalue weighted by atomic mass is 35.5. The maximum atomic E-state index is 13.3. The van der Waals surface area contributed by atoms with Crippen LogP contribution in [0.4, 0.5) is 15.8 Å². The van der Waals surface area contributed by atoms with Gasteiger partial charge in [-0.2, -0.15) is 0 Å². The van der Waals surface area contributed by atoms with Gasteiger partial charge in [0.25, 0.3) is 5.91 Å². The maximum absolute atomic E-state index is 13.3. The predicted molar refractivity (Wildman–Crippen MR) is 84.7 cm³/mol. The van der Waals surface area contributed by atoms with Crippen LogP contribution in [0, 0.1) is 12.7 Å². The van der Waals surface area contributed by atoms with Gasteiger partial charge in [-0.15, -0.1) is 0 Å². The minimum Gasteiger partial charge on any atom is -0.385 e. The Balaban J connectivity index is 2.29. The molecule has 0 saturated heterocycles. The molecule has 2 N–H and O–H groups in total. The summed E-state index contributed by atoms with van der Waals surface area (Å²) >= 11 is 5.78. The quantitative estimate of drug-likeness (QED) is 0.875. The van der Waals surface area contributed by atoms with Crippen molar-refractivity contribution in [1.29, 1.82) is 0 Å². The van der Waals surface area contributed by atoms with Crippen molar-refractivity contribution in [2.75, 3.05) is 17.2 Å². The zero-order valence-corrected chi connectivity index (χ0v) is 12.6. The van der Waals surface area contributed by atoms with Crippen LogP contribution in [0.1, 0.15) is 22.8 Å². The lowest BCUT2D eigenvalue weighted by atomic mass is 10.1. The van der Waals surface area contributed by atoms with Crippen LogP contribution >= 0.6 is 11.6 Å². The molecule has 110 valence electrons. The van der Waals surface area contributed by atoms with E-state index in [9.17, 15) is 9.18 Å². The molecule has 0 fully saturated rings. The van der Waals surface area contributed by atoms with Gasteiger partial charge in [-0.25, -0.2) is 4.39 Å². The minimum absolute atomic E-state index is 0.237. The van der Waals surface area contributed by atoms with Gasteiger partial charge < -0.3 is 10.6 Å². The molecule has 2 aromatic carbocycles. The number of hydrogen-bond donors (Lipinski definition) is 2. The molecule has 1 amide bonds. The topological polar surface area (TPSA) is 41.1 Å². The summed E-state index contributed by atoms with van der Waals surface area (Å²) in [6, 6.07) is 9.49. The van der Waals surface area contributed by atoms with Crippen molar-refractivity contribution in [3.8, 4) is 0 Å². The SMILES string of the molecule is CCNc1ccc(C)cc1C(=O)Nc1cc(F)cc(Cl)c1. The fraction of sp³-hybridized carbons (Fsp3) is 0.188. The molecule has 0 bridgehead atoms. The Kier molecular flexibility index (Phi) is 4.81. The van der Waals surface area contributed by atoms with Crippen molar-refractivity contribution < 1.29 is 9.18 Å². The van der Waals surface area contributed by atoms with Crippen LogP contribution in [0.25, 0.3) is 0 Å². The molecule has 0 aromatic heterocycles. The van der Waals surface area contributed by atoms with Gasteiger partial charge in [0.15, 0.2) is 0 Å². The van der Waals surface area contributed by atoms with Crippen LogP contribution in [0.2, 0.25) is 5.02 Å². The summed E-state index contributed by atoms with van der Waals surface area (Å²) in [6.07, 6.45) is 0. The molecule has 3 nitrogen and oxygen atoms in total. The third-order valence-electron chi connectivity index (χ3n) is 2.91. The normalized spacial score (nSPS) is 10.3. The Morgan fingerprint density at radius 2 is 2.00 bits per heavy atom. The van der Waals surface area contributed by atoms with Crippen LogP contribution in [-0.4, -0.2) is 12.5 Å². The van der Waals surface area contributed by atoms with E-state index in [4.69, 9.17) is 11.6 Å². The van der Waals surface area contributed by atoms with Crippen molar-refractivity contribution in [1.82, 2.24) is 0 Å². The number of carbonyl (C=O) groups is 1. The van der Waals surface area contributed by atoms with Gasteiger partial charge >= 0.3 is 0 Å². The third-order valence-corrected chi connectivity index (χ3v) is 3.13. The molecule has 0 spiro atoms. The van der Waals surface area contributed by atoms with E-state index in [-0.39, 0.29) is 10.9 Å². The van der Waals surface area contributed by atoms with Crippen LogP contribution < -0.4 is 10.6 Å². The molecule has 0 saturated carbocycles. The largest absolute Gasteiger partial charge is 0.385 e. The number of halogens is 2. The lowest BCUT2D eigenvalue weighted by molar-refractivity contribution is 0.102. The Morgan fingerprint density at radius 3 is 2.67 bits per heavy atom. The summed E-state index contributed by atoms with van der Waals surface area (Å²) in [6.45, 7) is 4.56. The Hall–Kier alpha value is -2.07. The van der Waals surface area contributed by atoms with Crippen molar-refractivity contribution >= 4 is 28.9 Å². The van der Waals surface area contributed by atoms with E-state index in [1.54, 1.807) is 6.07 Å². The van der Waals surface area contributed by atoms with Crippen molar-refractivity contribution in [3.05, 3.63) is 58.4 Å². The van der Waals surface area contributed by atoms with Crippen molar-refractivity contribution in [2.24, 2.45) is 0 Å². The molecule has 2 aromatic rings. The summed E-state index contributed by atoms with van der Waals surface area (Å²) in [7, 11) is 0. The molecule has 0 unspecified atom stereocenters. The van der Waals surface area contributed by atoms with Crippen LogP contribution in [0.5, 0.6) is 0 Å². The first-order chi connectivity index (χ1) is 9.99. The minimum atomic E-state index is -0.492. The summed E-state index contributed by atoms with van der Waals surface area (Å²) in [5.41, 5.74) is 2.55. The summed E-state index contributed by atoms with van der Waals surface area (Å²) in [4.78, 5) is 12.4. The van der Waals surface area contributed by atoms with Gasteiger partial charge in [-0.05, 0) is 44.2 Å². The fourth-order valence-corrected chi connectivity index (χ4v) is 2.24. The molecule has 21 heavy (non-hydrogen) atoms. The highest BCUT2D eigenvalue weighted by Gasteiger charge is 2.12. The van der Waals surface area contributed by atoms with Gasteiger partial charge in [-0.3, -0.25) is 4.79 Å². The summed E-state index contributed by atoms with van der Waals surface area (Å²) in [5.74, 6) is -0.801. The Morgan fingerprint density at radius 1 is 1.24 bits per heavy atom. The summed E-state index contributed by atoms with van der Waals surface area (Å²) in [5, 5.41) is 6.03. The van der Waals surface area contributed by atoms with Crippen molar-refractivity contribution in [2.45, 2.75) is 13.8 Å². The van der Waals surface area contributed by atoms with E-state index in [1.807, 2.05) is 26.0 Å². The number of aryl methyl sites for hydroxylation is 1. The number of nitrogens with one attached hydrogen (secondary N) is 2. The fourth-order valence-electron chi connectivity index (χ4n) is 2.01. The molecule has 0 atom stereocenters. The van der Waals surface area contributed by atoms with Gasteiger partial charge in [0.05, 0.1) is 5.56 Å². The average Bonchev–Trinajstić information content (AvgIpc) is 2.39. The van der Waals surface area contributed by atoms with Gasteiger partial charge in [0, 0.05) is 22.9 Å². The van der Waals surface area contributed by atoms with Crippen LogP contribution in [-0.2, 0) is 0 Å². The van der Waals surface area contributed by atoms with Gasteiger partial charge in [-0.1, -0.05) is 23.2 Å². The zero-order valence-electron chi connectivity index (χ0n) is 11.8. The standard InChI is InChI=1S/C16H16ClFN2O/c1-3-19-15-5-4-10(2)6-14(15)16(21)20-13-8-11(17)7-12(18)9-13/h4-9,19H,3H2,1-2H3,(H,20,21). The number of rotatable bonds is 4. The lowest BCUT2D eigenvalue weighted by Gasteiger charge is -2.12. The van der Waals surface area contributed by atoms with E-state index in [1.165, 1.54) is 18.2 Å². The molecule has 0 aliphatic carbocycles.